The lowest BCUT2D eigenvalue weighted by Gasteiger charge is -1.98. The molecule has 0 unspecified atom stereocenters. The molecular weight excluding hydrogens is 148 g/mol. The molecule has 1 aromatic rings. The summed E-state index contributed by atoms with van der Waals surface area (Å²) < 4.78 is 0. The Hall–Kier alpha value is -1.99. The summed E-state index contributed by atoms with van der Waals surface area (Å²) in [5, 5.41) is 0. The molecule has 0 amide bonds. The summed E-state index contributed by atoms with van der Waals surface area (Å²) in [5.74, 6) is 4.79. The second kappa shape index (κ2) is 3.42. The quantitative estimate of drug-likeness (QED) is 0.442. The van der Waals surface area contributed by atoms with E-state index in [2.05, 4.69) is 11.8 Å². The minimum Gasteiger partial charge on any atom is -0.298 e. The van der Waals surface area contributed by atoms with E-state index in [0.717, 1.165) is 0 Å². The molecule has 0 heterocycles. The van der Waals surface area contributed by atoms with Gasteiger partial charge in [0, 0.05) is 16.7 Å². The van der Waals surface area contributed by atoms with Crippen molar-refractivity contribution in [2.75, 3.05) is 0 Å². The Morgan fingerprint density at radius 3 is 2.00 bits per heavy atom. The maximum absolute atomic E-state index is 10.6. The summed E-state index contributed by atoms with van der Waals surface area (Å²) in [6.45, 7) is 0. The molecule has 0 N–H and O–H groups in total. The molecule has 0 aliphatic rings. The van der Waals surface area contributed by atoms with Crippen molar-refractivity contribution in [1.82, 2.24) is 0 Å². The Labute approximate surface area is 71.4 Å². The van der Waals surface area contributed by atoms with Crippen LogP contribution in [0.5, 0.6) is 0 Å². The van der Waals surface area contributed by atoms with Gasteiger partial charge in [-0.15, -0.1) is 12.8 Å². The number of carbonyl (C=O) groups excluding carboxylic acids is 1. The summed E-state index contributed by atoms with van der Waals surface area (Å²) >= 11 is 0. The molecule has 1 nitrogen and oxygen atoms in total. The summed E-state index contributed by atoms with van der Waals surface area (Å²) in [6, 6.07) is 5.10. The highest BCUT2D eigenvalue weighted by atomic mass is 16.1. The molecule has 12 heavy (non-hydrogen) atoms. The van der Waals surface area contributed by atoms with Crippen LogP contribution in [0.3, 0.4) is 0 Å². The first-order chi connectivity index (χ1) is 5.83. The molecular formula is C11H6O. The van der Waals surface area contributed by atoms with Crippen molar-refractivity contribution in [2.45, 2.75) is 0 Å². The average molecular weight is 154 g/mol. The standard InChI is InChI=1S/C11H6O/c1-3-9-6-5-7-10(4-2)11(9)8-12/h1-2,5-8H. The molecule has 0 aliphatic heterocycles. The number of hydrogen-bond donors (Lipinski definition) is 0. The van der Waals surface area contributed by atoms with Gasteiger partial charge in [-0.3, -0.25) is 4.79 Å². The van der Waals surface area contributed by atoms with E-state index in [1.807, 2.05) is 0 Å². The van der Waals surface area contributed by atoms with Crippen LogP contribution in [0, 0.1) is 24.7 Å². The van der Waals surface area contributed by atoms with Gasteiger partial charge in [-0.2, -0.15) is 0 Å². The van der Waals surface area contributed by atoms with Gasteiger partial charge in [0.15, 0.2) is 6.29 Å². The van der Waals surface area contributed by atoms with E-state index in [9.17, 15) is 4.79 Å². The maximum Gasteiger partial charge on any atom is 0.152 e. The second-order valence-corrected chi connectivity index (χ2v) is 2.17. The van der Waals surface area contributed by atoms with Crippen LogP contribution in [0.4, 0.5) is 0 Å². The van der Waals surface area contributed by atoms with Crippen molar-refractivity contribution in [3.05, 3.63) is 34.9 Å². The summed E-state index contributed by atoms with van der Waals surface area (Å²) in [5.41, 5.74) is 1.50. The van der Waals surface area contributed by atoms with Crippen LogP contribution < -0.4 is 0 Å². The van der Waals surface area contributed by atoms with Gasteiger partial charge in [0.1, 0.15) is 0 Å². The summed E-state index contributed by atoms with van der Waals surface area (Å²) in [7, 11) is 0. The largest absolute Gasteiger partial charge is 0.298 e. The van der Waals surface area contributed by atoms with E-state index in [1.54, 1.807) is 18.2 Å². The van der Waals surface area contributed by atoms with Gasteiger partial charge in [-0.05, 0) is 12.1 Å². The Kier molecular flexibility index (Phi) is 2.31. The fraction of sp³-hybridized carbons (Fsp3) is 0. The van der Waals surface area contributed by atoms with Crippen molar-refractivity contribution < 1.29 is 4.79 Å². The third kappa shape index (κ3) is 1.21. The van der Waals surface area contributed by atoms with Crippen LogP contribution in [-0.4, -0.2) is 6.29 Å². The predicted octanol–water partition coefficient (Wildman–Crippen LogP) is 1.46. The van der Waals surface area contributed by atoms with Gasteiger partial charge in [-0.1, -0.05) is 17.9 Å². The molecule has 0 radical (unpaired) electrons. The van der Waals surface area contributed by atoms with Gasteiger partial charge in [0.25, 0.3) is 0 Å². The highest BCUT2D eigenvalue weighted by molar-refractivity contribution is 5.83. The molecule has 1 aromatic carbocycles. The highest BCUT2D eigenvalue weighted by Gasteiger charge is 2.02. The van der Waals surface area contributed by atoms with Crippen LogP contribution in [0.1, 0.15) is 21.5 Å². The molecule has 0 aliphatic carbocycles. The molecule has 0 saturated carbocycles. The van der Waals surface area contributed by atoms with Gasteiger partial charge < -0.3 is 0 Å². The molecule has 0 fully saturated rings. The van der Waals surface area contributed by atoms with Crippen molar-refractivity contribution in [1.29, 1.82) is 0 Å². The Balaban J connectivity index is 3.47. The zero-order chi connectivity index (χ0) is 8.97. The average Bonchev–Trinajstić information content (AvgIpc) is 2.16. The lowest BCUT2D eigenvalue weighted by Crippen LogP contribution is -1.91. The smallest absolute Gasteiger partial charge is 0.152 e. The Bertz CT molecular complexity index is 356. The highest BCUT2D eigenvalue weighted by Crippen LogP contribution is 2.10. The summed E-state index contributed by atoms with van der Waals surface area (Å²) in [6.07, 6.45) is 11.0. The van der Waals surface area contributed by atoms with E-state index >= 15 is 0 Å². The second-order valence-electron chi connectivity index (χ2n) is 2.17. The number of rotatable bonds is 1. The van der Waals surface area contributed by atoms with E-state index in [1.165, 1.54) is 0 Å². The predicted molar refractivity (Wildman–Crippen MR) is 47.7 cm³/mol. The molecule has 1 heteroatoms. The fourth-order valence-electron chi connectivity index (χ4n) is 0.944. The van der Waals surface area contributed by atoms with Gasteiger partial charge in [0.05, 0.1) is 0 Å². The third-order valence-corrected chi connectivity index (χ3v) is 1.53. The molecule has 0 spiro atoms. The first kappa shape index (κ1) is 8.11. The number of carbonyl (C=O) groups is 1. The first-order valence-corrected chi connectivity index (χ1v) is 3.35. The Morgan fingerprint density at radius 1 is 1.17 bits per heavy atom. The normalized spacial score (nSPS) is 8.17. The van der Waals surface area contributed by atoms with E-state index in [0.29, 0.717) is 23.0 Å². The zero-order valence-electron chi connectivity index (χ0n) is 6.37. The fourth-order valence-corrected chi connectivity index (χ4v) is 0.944. The van der Waals surface area contributed by atoms with Gasteiger partial charge in [0.2, 0.25) is 0 Å². The first-order valence-electron chi connectivity index (χ1n) is 3.35. The van der Waals surface area contributed by atoms with Crippen LogP contribution in [-0.2, 0) is 0 Å². The molecule has 0 saturated heterocycles. The van der Waals surface area contributed by atoms with Crippen LogP contribution in [0.15, 0.2) is 18.2 Å². The van der Waals surface area contributed by atoms with Crippen molar-refractivity contribution in [2.24, 2.45) is 0 Å². The van der Waals surface area contributed by atoms with Crippen LogP contribution in [0.2, 0.25) is 0 Å². The zero-order valence-corrected chi connectivity index (χ0v) is 6.37. The van der Waals surface area contributed by atoms with Gasteiger partial charge in [-0.25, -0.2) is 0 Å². The number of terminal acetylenes is 2. The maximum atomic E-state index is 10.6. The topological polar surface area (TPSA) is 17.1 Å². The Morgan fingerprint density at radius 2 is 1.67 bits per heavy atom. The number of hydrogen-bond acceptors (Lipinski definition) is 1. The lowest BCUT2D eigenvalue weighted by molar-refractivity contribution is 0.112. The molecule has 0 atom stereocenters. The van der Waals surface area contributed by atoms with Crippen molar-refractivity contribution in [3.63, 3.8) is 0 Å². The van der Waals surface area contributed by atoms with Gasteiger partial charge >= 0.3 is 0 Å². The molecule has 0 bridgehead atoms. The third-order valence-electron chi connectivity index (χ3n) is 1.53. The molecule has 1 rings (SSSR count). The van der Waals surface area contributed by atoms with E-state index in [4.69, 9.17) is 12.8 Å². The van der Waals surface area contributed by atoms with Crippen molar-refractivity contribution in [3.8, 4) is 24.7 Å². The minimum atomic E-state index is 0.419. The van der Waals surface area contributed by atoms with Crippen LogP contribution >= 0.6 is 0 Å². The summed E-state index contributed by atoms with van der Waals surface area (Å²) in [4.78, 5) is 10.6. The van der Waals surface area contributed by atoms with E-state index in [-0.39, 0.29) is 0 Å². The number of benzene rings is 1. The molecule has 0 aromatic heterocycles. The lowest BCUT2D eigenvalue weighted by atomic mass is 10.0. The van der Waals surface area contributed by atoms with E-state index < -0.39 is 0 Å². The SMILES string of the molecule is C#Cc1cccc(C#C)c1C=O. The van der Waals surface area contributed by atoms with Crippen molar-refractivity contribution >= 4 is 6.29 Å². The number of aldehydes is 1. The molecule has 56 valence electrons. The monoisotopic (exact) mass is 154 g/mol. The minimum absolute atomic E-state index is 0.419. The van der Waals surface area contributed by atoms with Crippen LogP contribution in [0.25, 0.3) is 0 Å².